The summed E-state index contributed by atoms with van der Waals surface area (Å²) in [5.41, 5.74) is 0. The average molecular weight is 184 g/mol. The van der Waals surface area contributed by atoms with Crippen molar-refractivity contribution in [1.82, 2.24) is 10.6 Å². The Labute approximate surface area is 80.2 Å². The monoisotopic (exact) mass is 184 g/mol. The van der Waals surface area contributed by atoms with Crippen LogP contribution in [0, 0.1) is 0 Å². The van der Waals surface area contributed by atoms with Crippen molar-refractivity contribution in [3.05, 3.63) is 0 Å². The lowest BCUT2D eigenvalue weighted by molar-refractivity contribution is 0.100. The Balaban J connectivity index is 1.52. The highest BCUT2D eigenvalue weighted by Gasteiger charge is 2.17. The molecule has 0 aromatic carbocycles. The average Bonchev–Trinajstić information content (AvgIpc) is 2.75. The zero-order valence-corrected chi connectivity index (χ0v) is 8.22. The van der Waals surface area contributed by atoms with Gasteiger partial charge in [0.1, 0.15) is 0 Å². The zero-order valence-electron chi connectivity index (χ0n) is 8.22. The number of rotatable bonds is 4. The Kier molecular flexibility index (Phi) is 3.58. The summed E-state index contributed by atoms with van der Waals surface area (Å²) in [4.78, 5) is 0. The summed E-state index contributed by atoms with van der Waals surface area (Å²) in [5.74, 6) is 0. The molecule has 2 N–H and O–H groups in total. The summed E-state index contributed by atoms with van der Waals surface area (Å²) in [6.07, 6.45) is 5.21. The van der Waals surface area contributed by atoms with Gasteiger partial charge in [0.2, 0.25) is 0 Å². The van der Waals surface area contributed by atoms with Gasteiger partial charge in [-0.05, 0) is 38.8 Å². The van der Waals surface area contributed by atoms with Gasteiger partial charge in [0, 0.05) is 12.1 Å². The standard InChI is InChI=1S/C10H20N2O/c1-3-9(11-5-1)7-13-8-10-4-2-6-12-10/h9-12H,1-8H2/t9-,10-/m0/s1. The quantitative estimate of drug-likeness (QED) is 0.668. The number of hydrogen-bond acceptors (Lipinski definition) is 3. The van der Waals surface area contributed by atoms with Gasteiger partial charge >= 0.3 is 0 Å². The largest absolute Gasteiger partial charge is 0.378 e. The van der Waals surface area contributed by atoms with Crippen molar-refractivity contribution in [2.75, 3.05) is 26.3 Å². The van der Waals surface area contributed by atoms with E-state index >= 15 is 0 Å². The van der Waals surface area contributed by atoms with E-state index in [1.165, 1.54) is 38.8 Å². The van der Waals surface area contributed by atoms with Crippen LogP contribution in [0.15, 0.2) is 0 Å². The van der Waals surface area contributed by atoms with Crippen LogP contribution in [-0.4, -0.2) is 38.4 Å². The van der Waals surface area contributed by atoms with Crippen molar-refractivity contribution >= 4 is 0 Å². The Morgan fingerprint density at radius 1 is 0.923 bits per heavy atom. The van der Waals surface area contributed by atoms with Crippen LogP contribution in [0.25, 0.3) is 0 Å². The molecule has 2 heterocycles. The fourth-order valence-corrected chi connectivity index (χ4v) is 2.15. The molecular formula is C10H20N2O. The van der Waals surface area contributed by atoms with Gasteiger partial charge in [-0.25, -0.2) is 0 Å². The Bertz CT molecular complexity index is 124. The molecular weight excluding hydrogens is 164 g/mol. The van der Waals surface area contributed by atoms with Crippen molar-refractivity contribution in [1.29, 1.82) is 0 Å². The van der Waals surface area contributed by atoms with Crippen LogP contribution in [0.3, 0.4) is 0 Å². The maximum atomic E-state index is 5.68. The summed E-state index contributed by atoms with van der Waals surface area (Å²) >= 11 is 0. The van der Waals surface area contributed by atoms with Crippen LogP contribution in [0.1, 0.15) is 25.7 Å². The molecule has 0 spiro atoms. The van der Waals surface area contributed by atoms with Crippen LogP contribution < -0.4 is 10.6 Å². The van der Waals surface area contributed by atoms with Crippen LogP contribution in [0.4, 0.5) is 0 Å². The lowest BCUT2D eigenvalue weighted by atomic mass is 10.2. The van der Waals surface area contributed by atoms with Crippen LogP contribution >= 0.6 is 0 Å². The molecule has 0 amide bonds. The molecule has 76 valence electrons. The smallest absolute Gasteiger partial charge is 0.0620 e. The van der Waals surface area contributed by atoms with Crippen molar-refractivity contribution in [2.24, 2.45) is 0 Å². The van der Waals surface area contributed by atoms with E-state index in [1.807, 2.05) is 0 Å². The van der Waals surface area contributed by atoms with E-state index in [9.17, 15) is 0 Å². The molecule has 2 aliphatic rings. The summed E-state index contributed by atoms with van der Waals surface area (Å²) in [6.45, 7) is 4.15. The lowest BCUT2D eigenvalue weighted by Gasteiger charge is -2.14. The van der Waals surface area contributed by atoms with Gasteiger partial charge in [-0.3, -0.25) is 0 Å². The van der Waals surface area contributed by atoms with Gasteiger partial charge in [-0.2, -0.15) is 0 Å². The first kappa shape index (κ1) is 9.44. The molecule has 2 rings (SSSR count). The van der Waals surface area contributed by atoms with Crippen molar-refractivity contribution in [2.45, 2.75) is 37.8 Å². The van der Waals surface area contributed by atoms with E-state index in [2.05, 4.69) is 10.6 Å². The van der Waals surface area contributed by atoms with E-state index in [0.29, 0.717) is 12.1 Å². The number of ether oxygens (including phenoxy) is 1. The molecule has 0 aliphatic carbocycles. The highest BCUT2D eigenvalue weighted by Crippen LogP contribution is 2.08. The minimum atomic E-state index is 0.626. The molecule has 0 radical (unpaired) electrons. The second-order valence-corrected chi connectivity index (χ2v) is 4.12. The highest BCUT2D eigenvalue weighted by atomic mass is 16.5. The van der Waals surface area contributed by atoms with Gasteiger partial charge in [-0.1, -0.05) is 0 Å². The first-order valence-electron chi connectivity index (χ1n) is 5.49. The first-order chi connectivity index (χ1) is 6.45. The molecule has 0 bridgehead atoms. The van der Waals surface area contributed by atoms with Crippen LogP contribution in [0.5, 0.6) is 0 Å². The maximum Gasteiger partial charge on any atom is 0.0620 e. The second kappa shape index (κ2) is 4.94. The third-order valence-corrected chi connectivity index (χ3v) is 2.96. The van der Waals surface area contributed by atoms with Crippen molar-refractivity contribution in [3.8, 4) is 0 Å². The molecule has 0 aromatic rings. The van der Waals surface area contributed by atoms with Crippen molar-refractivity contribution in [3.63, 3.8) is 0 Å². The molecule has 0 unspecified atom stereocenters. The Hall–Kier alpha value is -0.120. The van der Waals surface area contributed by atoms with Crippen LogP contribution in [0.2, 0.25) is 0 Å². The number of hydrogen-bond donors (Lipinski definition) is 2. The molecule has 3 heteroatoms. The minimum Gasteiger partial charge on any atom is -0.378 e. The molecule has 0 saturated carbocycles. The molecule has 2 atom stereocenters. The normalized spacial score (nSPS) is 34.2. The molecule has 0 aromatic heterocycles. The van der Waals surface area contributed by atoms with Gasteiger partial charge < -0.3 is 15.4 Å². The topological polar surface area (TPSA) is 33.3 Å². The molecule has 2 fully saturated rings. The zero-order chi connectivity index (χ0) is 8.93. The maximum absolute atomic E-state index is 5.68. The van der Waals surface area contributed by atoms with E-state index in [0.717, 1.165) is 13.2 Å². The summed E-state index contributed by atoms with van der Waals surface area (Å²) in [6, 6.07) is 1.25. The van der Waals surface area contributed by atoms with Gasteiger partial charge in [0.05, 0.1) is 13.2 Å². The number of nitrogens with one attached hydrogen (secondary N) is 2. The SMILES string of the molecule is C1CN[C@H](COC[C@@H]2CCCN2)C1. The van der Waals surface area contributed by atoms with Gasteiger partial charge in [0.15, 0.2) is 0 Å². The fraction of sp³-hybridized carbons (Fsp3) is 1.00. The van der Waals surface area contributed by atoms with Crippen LogP contribution in [-0.2, 0) is 4.74 Å². The lowest BCUT2D eigenvalue weighted by Crippen LogP contribution is -2.31. The van der Waals surface area contributed by atoms with Crippen molar-refractivity contribution < 1.29 is 4.74 Å². The van der Waals surface area contributed by atoms with E-state index in [4.69, 9.17) is 4.74 Å². The Morgan fingerprint density at radius 2 is 1.46 bits per heavy atom. The van der Waals surface area contributed by atoms with Gasteiger partial charge in [0.25, 0.3) is 0 Å². The molecule has 2 aliphatic heterocycles. The second-order valence-electron chi connectivity index (χ2n) is 4.12. The molecule has 3 nitrogen and oxygen atoms in total. The third-order valence-electron chi connectivity index (χ3n) is 2.96. The van der Waals surface area contributed by atoms with E-state index in [1.54, 1.807) is 0 Å². The fourth-order valence-electron chi connectivity index (χ4n) is 2.15. The van der Waals surface area contributed by atoms with Gasteiger partial charge in [-0.15, -0.1) is 0 Å². The molecule has 2 saturated heterocycles. The highest BCUT2D eigenvalue weighted by molar-refractivity contribution is 4.76. The summed E-state index contributed by atoms with van der Waals surface area (Å²) < 4.78 is 5.68. The summed E-state index contributed by atoms with van der Waals surface area (Å²) in [7, 11) is 0. The third kappa shape index (κ3) is 2.93. The van der Waals surface area contributed by atoms with E-state index in [-0.39, 0.29) is 0 Å². The predicted molar refractivity (Wildman–Crippen MR) is 52.9 cm³/mol. The Morgan fingerprint density at radius 3 is 1.85 bits per heavy atom. The first-order valence-corrected chi connectivity index (χ1v) is 5.49. The predicted octanol–water partition coefficient (Wildman–Crippen LogP) is 0.507. The molecule has 13 heavy (non-hydrogen) atoms. The minimum absolute atomic E-state index is 0.626. The van der Waals surface area contributed by atoms with E-state index < -0.39 is 0 Å². The summed E-state index contributed by atoms with van der Waals surface area (Å²) in [5, 5.41) is 6.87.